The van der Waals surface area contributed by atoms with E-state index in [1.807, 2.05) is 18.3 Å². The lowest BCUT2D eigenvalue weighted by atomic mass is 9.93. The van der Waals surface area contributed by atoms with Crippen LogP contribution in [0.25, 0.3) is 0 Å². The highest BCUT2D eigenvalue weighted by Crippen LogP contribution is 2.34. The van der Waals surface area contributed by atoms with Gasteiger partial charge in [-0.3, -0.25) is 9.98 Å². The quantitative estimate of drug-likeness (QED) is 0.708. The van der Waals surface area contributed by atoms with Crippen LogP contribution in [0.3, 0.4) is 0 Å². The van der Waals surface area contributed by atoms with Crippen molar-refractivity contribution >= 4 is 11.9 Å². The van der Waals surface area contributed by atoms with Crippen molar-refractivity contribution in [1.82, 2.24) is 4.98 Å². The van der Waals surface area contributed by atoms with E-state index < -0.39 is 0 Å². The summed E-state index contributed by atoms with van der Waals surface area (Å²) in [6.07, 6.45) is 5.51. The normalized spacial score (nSPS) is 11.7. The molecule has 0 unspecified atom stereocenters. The molecule has 0 aliphatic rings. The van der Waals surface area contributed by atoms with Crippen LogP contribution in [0.15, 0.2) is 47.7 Å². The van der Waals surface area contributed by atoms with Gasteiger partial charge in [0.15, 0.2) is 0 Å². The second-order valence-corrected chi connectivity index (χ2v) is 5.63. The SMILES string of the molecule is CC(C)c1cccc(C(C)C)c1N=Cc1ccncc1. The molecule has 1 aromatic carbocycles. The van der Waals surface area contributed by atoms with E-state index in [-0.39, 0.29) is 0 Å². The lowest BCUT2D eigenvalue weighted by Gasteiger charge is -2.16. The number of aromatic nitrogens is 1. The minimum atomic E-state index is 0.471. The first-order valence-corrected chi connectivity index (χ1v) is 7.16. The Labute approximate surface area is 121 Å². The molecule has 1 aromatic heterocycles. The molecular weight excluding hydrogens is 244 g/mol. The summed E-state index contributed by atoms with van der Waals surface area (Å²) in [7, 11) is 0. The van der Waals surface area contributed by atoms with Gasteiger partial charge in [0.1, 0.15) is 0 Å². The molecule has 0 aliphatic heterocycles. The highest BCUT2D eigenvalue weighted by molar-refractivity contribution is 5.82. The second kappa shape index (κ2) is 6.47. The molecule has 0 saturated carbocycles. The number of aliphatic imine (C=N–C) groups is 1. The average molecular weight is 266 g/mol. The molecule has 20 heavy (non-hydrogen) atoms. The molecule has 0 atom stereocenters. The van der Waals surface area contributed by atoms with Crippen molar-refractivity contribution in [1.29, 1.82) is 0 Å². The molecule has 0 saturated heterocycles. The van der Waals surface area contributed by atoms with Gasteiger partial charge in [0.05, 0.1) is 5.69 Å². The lowest BCUT2D eigenvalue weighted by Crippen LogP contribution is -1.95. The Bertz CT molecular complexity index is 557. The van der Waals surface area contributed by atoms with E-state index in [9.17, 15) is 0 Å². The van der Waals surface area contributed by atoms with Crippen molar-refractivity contribution in [2.75, 3.05) is 0 Å². The van der Waals surface area contributed by atoms with Crippen molar-refractivity contribution < 1.29 is 0 Å². The standard InChI is InChI=1S/C18H22N2/c1-13(2)16-6-5-7-17(14(3)4)18(16)20-12-15-8-10-19-11-9-15/h5-14H,1-4H3. The summed E-state index contributed by atoms with van der Waals surface area (Å²) in [5.41, 5.74) is 4.81. The molecule has 0 aliphatic carbocycles. The molecule has 0 bridgehead atoms. The van der Waals surface area contributed by atoms with E-state index in [1.165, 1.54) is 11.1 Å². The molecule has 1 heterocycles. The van der Waals surface area contributed by atoms with Gasteiger partial charge >= 0.3 is 0 Å². The second-order valence-electron chi connectivity index (χ2n) is 5.63. The van der Waals surface area contributed by atoms with Crippen LogP contribution in [0.1, 0.15) is 56.2 Å². The Morgan fingerprint density at radius 2 is 1.45 bits per heavy atom. The van der Waals surface area contributed by atoms with Gasteiger partial charge in [-0.1, -0.05) is 45.9 Å². The summed E-state index contributed by atoms with van der Waals surface area (Å²) < 4.78 is 0. The molecule has 2 rings (SSSR count). The van der Waals surface area contributed by atoms with Gasteiger partial charge < -0.3 is 0 Å². The van der Waals surface area contributed by atoms with Gasteiger partial charge in [-0.2, -0.15) is 0 Å². The third-order valence-corrected chi connectivity index (χ3v) is 3.39. The van der Waals surface area contributed by atoms with Crippen LogP contribution < -0.4 is 0 Å². The first kappa shape index (κ1) is 14.4. The van der Waals surface area contributed by atoms with E-state index in [2.05, 4.69) is 50.9 Å². The fraction of sp³-hybridized carbons (Fsp3) is 0.333. The van der Waals surface area contributed by atoms with E-state index in [1.54, 1.807) is 12.4 Å². The first-order valence-electron chi connectivity index (χ1n) is 7.16. The molecule has 0 radical (unpaired) electrons. The Morgan fingerprint density at radius 1 is 0.900 bits per heavy atom. The van der Waals surface area contributed by atoms with Crippen molar-refractivity contribution in [2.24, 2.45) is 4.99 Å². The number of nitrogens with zero attached hydrogens (tertiary/aromatic N) is 2. The summed E-state index contributed by atoms with van der Waals surface area (Å²) >= 11 is 0. The Balaban J connectivity index is 2.46. The molecule has 0 amide bonds. The van der Waals surface area contributed by atoms with Crippen molar-refractivity contribution in [2.45, 2.75) is 39.5 Å². The van der Waals surface area contributed by atoms with Crippen LogP contribution >= 0.6 is 0 Å². The van der Waals surface area contributed by atoms with Crippen LogP contribution in [0, 0.1) is 0 Å². The van der Waals surface area contributed by atoms with E-state index in [4.69, 9.17) is 4.99 Å². The minimum Gasteiger partial charge on any atom is -0.265 e. The molecule has 0 fully saturated rings. The van der Waals surface area contributed by atoms with E-state index >= 15 is 0 Å². The van der Waals surface area contributed by atoms with Gasteiger partial charge in [0, 0.05) is 18.6 Å². The molecule has 2 aromatic rings. The van der Waals surface area contributed by atoms with Gasteiger partial charge in [0.2, 0.25) is 0 Å². The number of hydrogen-bond acceptors (Lipinski definition) is 2. The fourth-order valence-electron chi connectivity index (χ4n) is 2.25. The highest BCUT2D eigenvalue weighted by Gasteiger charge is 2.12. The summed E-state index contributed by atoms with van der Waals surface area (Å²) in [5, 5.41) is 0. The lowest BCUT2D eigenvalue weighted by molar-refractivity contribution is 0.835. The maximum atomic E-state index is 4.77. The summed E-state index contributed by atoms with van der Waals surface area (Å²) in [5.74, 6) is 0.941. The van der Waals surface area contributed by atoms with Crippen LogP contribution in [-0.2, 0) is 0 Å². The third kappa shape index (κ3) is 3.32. The van der Waals surface area contributed by atoms with E-state index in [0.29, 0.717) is 11.8 Å². The highest BCUT2D eigenvalue weighted by atomic mass is 14.7. The average Bonchev–Trinajstić information content (AvgIpc) is 2.45. The number of pyridine rings is 1. The van der Waals surface area contributed by atoms with Gasteiger partial charge in [0.25, 0.3) is 0 Å². The van der Waals surface area contributed by atoms with Gasteiger partial charge in [-0.25, -0.2) is 0 Å². The minimum absolute atomic E-state index is 0.471. The molecule has 2 heteroatoms. The molecular formula is C18H22N2. The Hall–Kier alpha value is -1.96. The van der Waals surface area contributed by atoms with Gasteiger partial charge in [-0.15, -0.1) is 0 Å². The van der Waals surface area contributed by atoms with Crippen molar-refractivity contribution in [3.8, 4) is 0 Å². The zero-order valence-electron chi connectivity index (χ0n) is 12.7. The largest absolute Gasteiger partial charge is 0.265 e. The summed E-state index contributed by atoms with van der Waals surface area (Å²) in [6.45, 7) is 8.85. The molecule has 0 N–H and O–H groups in total. The van der Waals surface area contributed by atoms with Crippen LogP contribution in [-0.4, -0.2) is 11.2 Å². The Morgan fingerprint density at radius 3 is 1.95 bits per heavy atom. The van der Waals surface area contributed by atoms with Crippen LogP contribution in [0.5, 0.6) is 0 Å². The zero-order valence-corrected chi connectivity index (χ0v) is 12.7. The number of hydrogen-bond donors (Lipinski definition) is 0. The van der Waals surface area contributed by atoms with Crippen LogP contribution in [0.4, 0.5) is 5.69 Å². The number of rotatable bonds is 4. The smallest absolute Gasteiger partial charge is 0.0699 e. The van der Waals surface area contributed by atoms with Gasteiger partial charge in [-0.05, 0) is 40.7 Å². The molecule has 0 spiro atoms. The number of para-hydroxylation sites is 1. The summed E-state index contributed by atoms with van der Waals surface area (Å²) in [6, 6.07) is 10.4. The molecule has 2 nitrogen and oxygen atoms in total. The molecule has 104 valence electrons. The number of benzene rings is 1. The predicted molar refractivity (Wildman–Crippen MR) is 86.1 cm³/mol. The predicted octanol–water partition coefficient (Wildman–Crippen LogP) is 5.08. The zero-order chi connectivity index (χ0) is 14.5. The maximum Gasteiger partial charge on any atom is 0.0699 e. The summed E-state index contributed by atoms with van der Waals surface area (Å²) in [4.78, 5) is 8.80. The van der Waals surface area contributed by atoms with Crippen molar-refractivity contribution in [3.05, 3.63) is 59.4 Å². The third-order valence-electron chi connectivity index (χ3n) is 3.39. The fourth-order valence-corrected chi connectivity index (χ4v) is 2.25. The topological polar surface area (TPSA) is 25.2 Å². The monoisotopic (exact) mass is 266 g/mol. The first-order chi connectivity index (χ1) is 9.59. The van der Waals surface area contributed by atoms with Crippen LogP contribution in [0.2, 0.25) is 0 Å². The maximum absolute atomic E-state index is 4.77. The van der Waals surface area contributed by atoms with E-state index in [0.717, 1.165) is 11.3 Å². The van der Waals surface area contributed by atoms with Crippen molar-refractivity contribution in [3.63, 3.8) is 0 Å². The Kier molecular flexibility index (Phi) is 4.67.